The van der Waals surface area contributed by atoms with Crippen molar-refractivity contribution >= 4 is 17.5 Å². The molecule has 0 aliphatic heterocycles. The molecule has 0 radical (unpaired) electrons. The predicted molar refractivity (Wildman–Crippen MR) is 96.2 cm³/mol. The normalized spacial score (nSPS) is 10.8. The molecule has 0 unspecified atom stereocenters. The van der Waals surface area contributed by atoms with Gasteiger partial charge in [0.1, 0.15) is 0 Å². The van der Waals surface area contributed by atoms with Gasteiger partial charge >= 0.3 is 0 Å². The SMILES string of the molecule is CN(C)CCNC(=O)c1cccc(Cl)c1CCc1ccccc1. The first-order valence-electron chi connectivity index (χ1n) is 7.82. The molecule has 2 rings (SSSR count). The zero-order chi connectivity index (χ0) is 16.7. The summed E-state index contributed by atoms with van der Waals surface area (Å²) >= 11 is 6.34. The molecule has 0 spiro atoms. The Balaban J connectivity index is 2.08. The summed E-state index contributed by atoms with van der Waals surface area (Å²) in [4.78, 5) is 14.5. The predicted octanol–water partition coefficient (Wildman–Crippen LogP) is 3.42. The van der Waals surface area contributed by atoms with E-state index >= 15 is 0 Å². The fourth-order valence-corrected chi connectivity index (χ4v) is 2.70. The Bertz CT molecular complexity index is 641. The summed E-state index contributed by atoms with van der Waals surface area (Å²) < 4.78 is 0. The maximum atomic E-state index is 12.4. The van der Waals surface area contributed by atoms with Crippen molar-refractivity contribution < 1.29 is 4.79 Å². The summed E-state index contributed by atoms with van der Waals surface area (Å²) in [5, 5.41) is 3.61. The van der Waals surface area contributed by atoms with Crippen LogP contribution in [0.3, 0.4) is 0 Å². The average Bonchev–Trinajstić information content (AvgIpc) is 2.54. The third-order valence-electron chi connectivity index (χ3n) is 3.71. The third-order valence-corrected chi connectivity index (χ3v) is 4.07. The summed E-state index contributed by atoms with van der Waals surface area (Å²) in [6, 6.07) is 15.8. The molecule has 122 valence electrons. The molecule has 0 atom stereocenters. The quantitative estimate of drug-likeness (QED) is 0.843. The van der Waals surface area contributed by atoms with E-state index in [-0.39, 0.29) is 5.91 Å². The van der Waals surface area contributed by atoms with Crippen LogP contribution in [-0.2, 0) is 12.8 Å². The van der Waals surface area contributed by atoms with Crippen molar-refractivity contribution in [1.82, 2.24) is 10.2 Å². The number of amides is 1. The van der Waals surface area contributed by atoms with Crippen molar-refractivity contribution in [1.29, 1.82) is 0 Å². The highest BCUT2D eigenvalue weighted by Gasteiger charge is 2.13. The van der Waals surface area contributed by atoms with Crippen LogP contribution in [0.2, 0.25) is 5.02 Å². The lowest BCUT2D eigenvalue weighted by Gasteiger charge is -2.14. The van der Waals surface area contributed by atoms with E-state index in [1.165, 1.54) is 5.56 Å². The van der Waals surface area contributed by atoms with Crippen LogP contribution < -0.4 is 5.32 Å². The van der Waals surface area contributed by atoms with Crippen molar-refractivity contribution in [2.75, 3.05) is 27.2 Å². The van der Waals surface area contributed by atoms with Gasteiger partial charge in [-0.15, -0.1) is 0 Å². The largest absolute Gasteiger partial charge is 0.351 e. The first-order valence-corrected chi connectivity index (χ1v) is 8.20. The van der Waals surface area contributed by atoms with Gasteiger partial charge in [-0.1, -0.05) is 48.0 Å². The first kappa shape index (κ1) is 17.5. The van der Waals surface area contributed by atoms with Gasteiger partial charge in [0.2, 0.25) is 0 Å². The highest BCUT2D eigenvalue weighted by atomic mass is 35.5. The van der Waals surface area contributed by atoms with Crippen molar-refractivity contribution in [2.24, 2.45) is 0 Å². The van der Waals surface area contributed by atoms with Crippen molar-refractivity contribution in [3.05, 3.63) is 70.2 Å². The second kappa shape index (κ2) is 8.70. The fraction of sp³-hybridized carbons (Fsp3) is 0.316. The van der Waals surface area contributed by atoms with Crippen LogP contribution in [0.4, 0.5) is 0 Å². The van der Waals surface area contributed by atoms with Gasteiger partial charge in [0.15, 0.2) is 0 Å². The van der Waals surface area contributed by atoms with Gasteiger partial charge in [-0.25, -0.2) is 0 Å². The van der Waals surface area contributed by atoms with Gasteiger partial charge < -0.3 is 10.2 Å². The van der Waals surface area contributed by atoms with Crippen LogP contribution in [0.1, 0.15) is 21.5 Å². The fourth-order valence-electron chi connectivity index (χ4n) is 2.43. The minimum Gasteiger partial charge on any atom is -0.351 e. The monoisotopic (exact) mass is 330 g/mol. The molecule has 23 heavy (non-hydrogen) atoms. The number of halogens is 1. The standard InChI is InChI=1S/C19H23ClN2O/c1-22(2)14-13-21-19(23)17-9-6-10-18(20)16(17)12-11-15-7-4-3-5-8-15/h3-10H,11-14H2,1-2H3,(H,21,23). The molecule has 0 aliphatic rings. The molecular formula is C19H23ClN2O. The zero-order valence-electron chi connectivity index (χ0n) is 13.7. The van der Waals surface area contributed by atoms with Gasteiger partial charge in [-0.3, -0.25) is 4.79 Å². The van der Waals surface area contributed by atoms with Gasteiger partial charge in [-0.05, 0) is 50.2 Å². The maximum absolute atomic E-state index is 12.4. The number of nitrogens with zero attached hydrogens (tertiary/aromatic N) is 1. The smallest absolute Gasteiger partial charge is 0.251 e. The number of likely N-dealkylation sites (N-methyl/N-ethyl adjacent to an activating group) is 1. The van der Waals surface area contributed by atoms with Crippen LogP contribution in [0, 0.1) is 0 Å². The van der Waals surface area contributed by atoms with Crippen LogP contribution in [0.15, 0.2) is 48.5 Å². The summed E-state index contributed by atoms with van der Waals surface area (Å²) in [5.41, 5.74) is 2.83. The molecule has 0 fully saturated rings. The number of rotatable bonds is 7. The lowest BCUT2D eigenvalue weighted by atomic mass is 9.99. The van der Waals surface area contributed by atoms with E-state index in [0.29, 0.717) is 17.1 Å². The van der Waals surface area contributed by atoms with E-state index in [0.717, 1.165) is 24.9 Å². The molecule has 0 bridgehead atoms. The molecule has 0 heterocycles. The Kier molecular flexibility index (Phi) is 6.63. The number of nitrogens with one attached hydrogen (secondary N) is 1. The lowest BCUT2D eigenvalue weighted by Crippen LogP contribution is -2.31. The second-order valence-electron chi connectivity index (χ2n) is 5.81. The van der Waals surface area contributed by atoms with E-state index in [9.17, 15) is 4.79 Å². The van der Waals surface area contributed by atoms with Crippen LogP contribution >= 0.6 is 11.6 Å². The lowest BCUT2D eigenvalue weighted by molar-refractivity contribution is 0.0950. The molecule has 0 saturated carbocycles. The molecule has 4 heteroatoms. The van der Waals surface area contributed by atoms with Crippen molar-refractivity contribution in [2.45, 2.75) is 12.8 Å². The van der Waals surface area contributed by atoms with E-state index < -0.39 is 0 Å². The number of carbonyl (C=O) groups excluding carboxylic acids is 1. The summed E-state index contributed by atoms with van der Waals surface area (Å²) in [5.74, 6) is -0.0580. The topological polar surface area (TPSA) is 32.3 Å². The van der Waals surface area contributed by atoms with Gasteiger partial charge in [0.25, 0.3) is 5.91 Å². The molecule has 2 aromatic rings. The third kappa shape index (κ3) is 5.38. The minimum atomic E-state index is -0.0580. The number of carbonyl (C=O) groups is 1. The number of hydrogen-bond acceptors (Lipinski definition) is 2. The number of aryl methyl sites for hydroxylation is 1. The van der Waals surface area contributed by atoms with Crippen LogP contribution in [-0.4, -0.2) is 38.0 Å². The second-order valence-corrected chi connectivity index (χ2v) is 6.22. The zero-order valence-corrected chi connectivity index (χ0v) is 14.4. The molecule has 0 aromatic heterocycles. The molecular weight excluding hydrogens is 308 g/mol. The summed E-state index contributed by atoms with van der Waals surface area (Å²) in [6.07, 6.45) is 1.61. The Morgan fingerprint density at radius 2 is 1.78 bits per heavy atom. The van der Waals surface area contributed by atoms with E-state index in [1.54, 1.807) is 0 Å². The van der Waals surface area contributed by atoms with Gasteiger partial charge in [0, 0.05) is 23.7 Å². The number of benzene rings is 2. The maximum Gasteiger partial charge on any atom is 0.251 e. The van der Waals surface area contributed by atoms with Gasteiger partial charge in [-0.2, -0.15) is 0 Å². The van der Waals surface area contributed by atoms with Crippen molar-refractivity contribution in [3.8, 4) is 0 Å². The molecule has 2 aromatic carbocycles. The minimum absolute atomic E-state index is 0.0580. The van der Waals surface area contributed by atoms with Crippen molar-refractivity contribution in [3.63, 3.8) is 0 Å². The van der Waals surface area contributed by atoms with E-state index in [4.69, 9.17) is 11.6 Å². The Labute approximate surface area is 143 Å². The average molecular weight is 331 g/mol. The Hall–Kier alpha value is -1.84. The molecule has 0 saturated heterocycles. The molecule has 0 aliphatic carbocycles. The molecule has 1 N–H and O–H groups in total. The highest BCUT2D eigenvalue weighted by molar-refractivity contribution is 6.31. The number of hydrogen-bond donors (Lipinski definition) is 1. The Morgan fingerprint density at radius 1 is 1.04 bits per heavy atom. The van der Waals surface area contributed by atoms with E-state index in [2.05, 4.69) is 17.4 Å². The highest BCUT2D eigenvalue weighted by Crippen LogP contribution is 2.22. The van der Waals surface area contributed by atoms with Crippen LogP contribution in [0.5, 0.6) is 0 Å². The van der Waals surface area contributed by atoms with Crippen LogP contribution in [0.25, 0.3) is 0 Å². The van der Waals surface area contributed by atoms with E-state index in [1.807, 2.05) is 55.4 Å². The molecule has 1 amide bonds. The Morgan fingerprint density at radius 3 is 2.48 bits per heavy atom. The first-order chi connectivity index (χ1) is 11.1. The molecule has 3 nitrogen and oxygen atoms in total. The summed E-state index contributed by atoms with van der Waals surface area (Å²) in [7, 11) is 3.97. The van der Waals surface area contributed by atoms with Gasteiger partial charge in [0.05, 0.1) is 0 Å². The summed E-state index contributed by atoms with van der Waals surface area (Å²) in [6.45, 7) is 1.43.